The van der Waals surface area contributed by atoms with Crippen LogP contribution in [0.25, 0.3) is 0 Å². The van der Waals surface area contributed by atoms with Crippen molar-refractivity contribution in [1.29, 1.82) is 0 Å². The van der Waals surface area contributed by atoms with Gasteiger partial charge < -0.3 is 5.11 Å². The van der Waals surface area contributed by atoms with E-state index in [0.29, 0.717) is 16.2 Å². The summed E-state index contributed by atoms with van der Waals surface area (Å²) in [6, 6.07) is 0. The molecule has 4 aliphatic carbocycles. The molecular weight excluding hydrogens is 352 g/mol. The average molecular weight is 401 g/mol. The van der Waals surface area contributed by atoms with Crippen LogP contribution >= 0.6 is 0 Å². The molecule has 3 saturated carbocycles. The Bertz CT molecular complexity index is 647. The summed E-state index contributed by atoms with van der Waals surface area (Å²) >= 11 is 0. The Morgan fingerprint density at radius 3 is 2.41 bits per heavy atom. The third kappa shape index (κ3) is 3.46. The largest absolute Gasteiger partial charge is 0.393 e. The Morgan fingerprint density at radius 1 is 0.931 bits per heavy atom. The molecule has 0 saturated heterocycles. The van der Waals surface area contributed by atoms with Gasteiger partial charge in [0.15, 0.2) is 0 Å². The van der Waals surface area contributed by atoms with Gasteiger partial charge in [-0.15, -0.1) is 0 Å². The van der Waals surface area contributed by atoms with E-state index in [1.54, 1.807) is 0 Å². The summed E-state index contributed by atoms with van der Waals surface area (Å²) in [4.78, 5) is 0. The van der Waals surface area contributed by atoms with Crippen molar-refractivity contribution in [3.05, 3.63) is 11.1 Å². The number of aliphatic hydroxyl groups is 1. The van der Waals surface area contributed by atoms with Gasteiger partial charge in [-0.1, -0.05) is 72.0 Å². The predicted octanol–water partition coefficient (Wildman–Crippen LogP) is 7.92. The highest BCUT2D eigenvalue weighted by Crippen LogP contribution is 2.69. The summed E-state index contributed by atoms with van der Waals surface area (Å²) in [6.07, 6.45) is 15.8. The zero-order valence-electron chi connectivity index (χ0n) is 20.3. The summed E-state index contributed by atoms with van der Waals surface area (Å²) in [5, 5.41) is 10.4. The van der Waals surface area contributed by atoms with Crippen LogP contribution in [0.3, 0.4) is 0 Å². The van der Waals surface area contributed by atoms with Gasteiger partial charge in [0.25, 0.3) is 0 Å². The smallest absolute Gasteiger partial charge is 0.0545 e. The lowest BCUT2D eigenvalue weighted by Gasteiger charge is -2.62. The highest BCUT2D eigenvalue weighted by atomic mass is 16.3. The first kappa shape index (κ1) is 21.9. The van der Waals surface area contributed by atoms with Gasteiger partial charge in [-0.25, -0.2) is 0 Å². The van der Waals surface area contributed by atoms with E-state index < -0.39 is 0 Å². The molecule has 0 bridgehead atoms. The molecule has 0 amide bonds. The molecule has 1 nitrogen and oxygen atoms in total. The fourth-order valence-electron chi connectivity index (χ4n) is 8.83. The van der Waals surface area contributed by atoms with Crippen LogP contribution in [-0.2, 0) is 0 Å². The van der Waals surface area contributed by atoms with E-state index in [1.807, 2.05) is 11.1 Å². The van der Waals surface area contributed by atoms with Crippen LogP contribution in [0.15, 0.2) is 11.1 Å². The number of aliphatic hydroxyl groups excluding tert-OH is 1. The molecule has 0 spiro atoms. The molecule has 0 heterocycles. The van der Waals surface area contributed by atoms with Crippen molar-refractivity contribution in [3.8, 4) is 0 Å². The van der Waals surface area contributed by atoms with Crippen molar-refractivity contribution < 1.29 is 5.11 Å². The molecule has 1 unspecified atom stereocenters. The van der Waals surface area contributed by atoms with Crippen LogP contribution < -0.4 is 0 Å². The molecule has 0 aromatic rings. The van der Waals surface area contributed by atoms with Crippen LogP contribution in [-0.4, -0.2) is 11.2 Å². The lowest BCUT2D eigenvalue weighted by Crippen LogP contribution is -2.54. The maximum atomic E-state index is 10.4. The number of allylic oxidation sites excluding steroid dienone is 2. The monoisotopic (exact) mass is 400 g/mol. The summed E-state index contributed by atoms with van der Waals surface area (Å²) in [5.41, 5.74) is 5.07. The maximum Gasteiger partial charge on any atom is 0.0545 e. The first-order chi connectivity index (χ1) is 13.6. The summed E-state index contributed by atoms with van der Waals surface area (Å²) in [7, 11) is 0. The number of fused-ring (bicyclic) bond motifs is 4. The van der Waals surface area contributed by atoms with Crippen LogP contribution in [0.5, 0.6) is 0 Å². The van der Waals surface area contributed by atoms with E-state index in [4.69, 9.17) is 0 Å². The molecule has 7 atom stereocenters. The average Bonchev–Trinajstić information content (AvgIpc) is 2.99. The van der Waals surface area contributed by atoms with Gasteiger partial charge in [-0.05, 0) is 97.7 Å². The Hall–Kier alpha value is -0.300. The molecule has 0 aromatic heterocycles. The summed E-state index contributed by atoms with van der Waals surface area (Å²) in [5.74, 6) is 3.43. The molecule has 3 fully saturated rings. The van der Waals surface area contributed by atoms with Crippen molar-refractivity contribution in [2.45, 2.75) is 125 Å². The van der Waals surface area contributed by atoms with E-state index >= 15 is 0 Å². The minimum Gasteiger partial charge on any atom is -0.393 e. The minimum atomic E-state index is -0.0568. The molecule has 29 heavy (non-hydrogen) atoms. The van der Waals surface area contributed by atoms with Gasteiger partial charge in [0.05, 0.1) is 6.10 Å². The van der Waals surface area contributed by atoms with Gasteiger partial charge in [0, 0.05) is 0 Å². The second-order valence-corrected chi connectivity index (χ2v) is 12.8. The molecule has 4 rings (SSSR count). The topological polar surface area (TPSA) is 20.2 Å². The van der Waals surface area contributed by atoms with E-state index in [2.05, 4.69) is 41.5 Å². The number of hydrogen-bond donors (Lipinski definition) is 1. The van der Waals surface area contributed by atoms with Gasteiger partial charge in [-0.2, -0.15) is 0 Å². The van der Waals surface area contributed by atoms with Crippen molar-refractivity contribution >= 4 is 0 Å². The Kier molecular flexibility index (Phi) is 5.81. The Morgan fingerprint density at radius 2 is 1.69 bits per heavy atom. The Labute approximate surface area is 181 Å². The second kappa shape index (κ2) is 7.68. The highest BCUT2D eigenvalue weighted by Gasteiger charge is 2.59. The van der Waals surface area contributed by atoms with Crippen molar-refractivity contribution in [3.63, 3.8) is 0 Å². The van der Waals surface area contributed by atoms with Crippen molar-refractivity contribution in [2.75, 3.05) is 0 Å². The zero-order valence-corrected chi connectivity index (χ0v) is 20.3. The van der Waals surface area contributed by atoms with Crippen molar-refractivity contribution in [2.24, 2.45) is 39.9 Å². The quantitative estimate of drug-likeness (QED) is 0.465. The normalized spacial score (nSPS) is 45.7. The third-order valence-corrected chi connectivity index (χ3v) is 10.9. The van der Waals surface area contributed by atoms with Gasteiger partial charge in [0.1, 0.15) is 0 Å². The summed E-state index contributed by atoms with van der Waals surface area (Å²) < 4.78 is 0. The van der Waals surface area contributed by atoms with Gasteiger partial charge in [-0.3, -0.25) is 0 Å². The first-order valence-corrected chi connectivity index (χ1v) is 13.0. The third-order valence-electron chi connectivity index (χ3n) is 10.9. The standard InChI is InChI=1S/C28H48O/c1-19(2)8-7-9-20(3)23-10-11-24-22-13-15-26(4)18-21(29)12-17-28(26,6)25(22)14-16-27(23,24)5/h19-21,23,25,29H,7-18H2,1-6H3/t20-,21?,23-,25+,26-,27-,28-/m1/s1. The Balaban J connectivity index is 1.57. The molecule has 1 N–H and O–H groups in total. The number of hydrogen-bond acceptors (Lipinski definition) is 1. The molecule has 0 aliphatic heterocycles. The fourth-order valence-corrected chi connectivity index (χ4v) is 8.83. The van der Waals surface area contributed by atoms with Crippen LogP contribution in [0.2, 0.25) is 0 Å². The zero-order chi connectivity index (χ0) is 21.0. The fraction of sp³-hybridized carbons (Fsp3) is 0.929. The summed E-state index contributed by atoms with van der Waals surface area (Å²) in [6.45, 7) is 15.1. The lowest BCUT2D eigenvalue weighted by atomic mass is 9.43. The second-order valence-electron chi connectivity index (χ2n) is 12.8. The van der Waals surface area contributed by atoms with Crippen LogP contribution in [0.4, 0.5) is 0 Å². The van der Waals surface area contributed by atoms with Crippen molar-refractivity contribution in [1.82, 2.24) is 0 Å². The van der Waals surface area contributed by atoms with Crippen LogP contribution in [0, 0.1) is 39.9 Å². The highest BCUT2D eigenvalue weighted by molar-refractivity contribution is 5.35. The van der Waals surface area contributed by atoms with Gasteiger partial charge in [0.2, 0.25) is 0 Å². The first-order valence-electron chi connectivity index (χ1n) is 13.0. The lowest BCUT2D eigenvalue weighted by molar-refractivity contribution is -0.101. The molecule has 0 aromatic carbocycles. The van der Waals surface area contributed by atoms with E-state index in [9.17, 15) is 5.11 Å². The SMILES string of the molecule is CC(C)CCC[C@@H](C)[C@H]1CCC2=C3CC[C@]4(C)CC(O)CC[C@]4(C)[C@H]3CC[C@@]21C. The molecule has 0 radical (unpaired) electrons. The molecule has 1 heteroatoms. The van der Waals surface area contributed by atoms with E-state index in [1.165, 1.54) is 64.2 Å². The minimum absolute atomic E-state index is 0.0568. The van der Waals surface area contributed by atoms with Crippen LogP contribution in [0.1, 0.15) is 119 Å². The maximum absolute atomic E-state index is 10.4. The number of rotatable bonds is 5. The predicted molar refractivity (Wildman–Crippen MR) is 124 cm³/mol. The molecule has 166 valence electrons. The molecular formula is C28H48O. The van der Waals surface area contributed by atoms with Gasteiger partial charge >= 0.3 is 0 Å². The van der Waals surface area contributed by atoms with E-state index in [-0.39, 0.29) is 6.10 Å². The van der Waals surface area contributed by atoms with E-state index in [0.717, 1.165) is 36.5 Å². The molecule has 4 aliphatic rings.